The predicted octanol–water partition coefficient (Wildman–Crippen LogP) is -2.39. The van der Waals surface area contributed by atoms with E-state index in [4.69, 9.17) is 4.55 Å². The Morgan fingerprint density at radius 3 is 2.45 bits per heavy atom. The molecule has 1 amide bonds. The highest BCUT2D eigenvalue weighted by Gasteiger charge is 2.27. The summed E-state index contributed by atoms with van der Waals surface area (Å²) in [5, 5.41) is 0. The largest absolute Gasteiger partial charge is 0.450 e. The van der Waals surface area contributed by atoms with Crippen LogP contribution in [0.5, 0.6) is 0 Å². The van der Waals surface area contributed by atoms with Crippen LogP contribution in [0.2, 0.25) is 0 Å². The highest BCUT2D eigenvalue weighted by Crippen LogP contribution is 1.96. The zero-order valence-corrected chi connectivity index (χ0v) is 6.22. The van der Waals surface area contributed by atoms with Crippen molar-refractivity contribution in [1.82, 2.24) is 0 Å². The quantitative estimate of drug-likeness (QED) is 0.439. The summed E-state index contributed by atoms with van der Waals surface area (Å²) in [4.78, 5) is 12.6. The van der Waals surface area contributed by atoms with E-state index in [9.17, 15) is 13.2 Å². The molecule has 0 saturated heterocycles. The van der Waals surface area contributed by atoms with Crippen molar-refractivity contribution < 1.29 is 26.9 Å². The Balaban J connectivity index is 2.66. The molecule has 6 nitrogen and oxygen atoms in total. The van der Waals surface area contributed by atoms with Crippen molar-refractivity contribution in [2.45, 2.75) is 12.8 Å². The van der Waals surface area contributed by atoms with E-state index in [1.807, 2.05) is 0 Å². The van der Waals surface area contributed by atoms with Crippen molar-refractivity contribution in [3.8, 4) is 0 Å². The summed E-state index contributed by atoms with van der Waals surface area (Å²) in [6, 6.07) is 0. The zero-order valence-electron chi connectivity index (χ0n) is 5.40. The first-order valence-electron chi connectivity index (χ1n) is 2.80. The maximum absolute atomic E-state index is 10.5. The van der Waals surface area contributed by atoms with Crippen LogP contribution in [0.15, 0.2) is 0 Å². The van der Waals surface area contributed by atoms with Crippen molar-refractivity contribution in [3.63, 3.8) is 0 Å². The average Bonchev–Trinajstić information content (AvgIpc) is 2.10. The highest BCUT2D eigenvalue weighted by atomic mass is 32.3. The molecule has 0 atom stereocenters. The molecule has 1 aliphatic heterocycles. The molecule has 1 aliphatic rings. The molecule has 0 bridgehead atoms. The van der Waals surface area contributed by atoms with Gasteiger partial charge in [0.2, 0.25) is 0 Å². The fourth-order valence-corrected chi connectivity index (χ4v) is 1.08. The van der Waals surface area contributed by atoms with Crippen molar-refractivity contribution in [2.75, 3.05) is 0 Å². The van der Waals surface area contributed by atoms with E-state index in [0.29, 0.717) is 0 Å². The molecule has 0 aromatic carbocycles. The lowest BCUT2D eigenvalue weighted by molar-refractivity contribution is -0.378. The molecule has 11 heavy (non-hydrogen) atoms. The Morgan fingerprint density at radius 1 is 1.45 bits per heavy atom. The van der Waals surface area contributed by atoms with Crippen LogP contribution in [0.1, 0.15) is 12.8 Å². The number of carbonyl (C=O) groups excluding carboxylic acids is 1. The van der Waals surface area contributed by atoms with E-state index in [1.54, 1.807) is 0 Å². The minimum atomic E-state index is -4.48. The number of nitrogens with one attached hydrogen (secondary N) is 1. The molecule has 1 rings (SSSR count). The Morgan fingerprint density at radius 2 is 2.09 bits per heavy atom. The van der Waals surface area contributed by atoms with Crippen LogP contribution in [0, 0.1) is 0 Å². The Hall–Kier alpha value is -0.950. The minimum absolute atomic E-state index is 0.127. The Labute approximate surface area is 62.8 Å². The molecule has 0 aromatic rings. The predicted molar refractivity (Wildman–Crippen MR) is 32.8 cm³/mol. The maximum atomic E-state index is 10.5. The first-order valence-corrected chi connectivity index (χ1v) is 4.16. The summed E-state index contributed by atoms with van der Waals surface area (Å²) in [6.07, 6.45) is 0.365. The van der Waals surface area contributed by atoms with Gasteiger partial charge in [-0.2, -0.15) is 8.42 Å². The second-order valence-corrected chi connectivity index (χ2v) is 3.00. The standard InChI is InChI=1S/C4H5NO5S/c6-3-1-2-4(5-3)10-11(7,8)9/h1-2H2,(H,7,8,9)/p+1. The van der Waals surface area contributed by atoms with E-state index in [0.717, 1.165) is 0 Å². The van der Waals surface area contributed by atoms with Crippen LogP contribution in [0.4, 0.5) is 0 Å². The van der Waals surface area contributed by atoms with E-state index in [2.05, 4.69) is 9.18 Å². The highest BCUT2D eigenvalue weighted by molar-refractivity contribution is 7.81. The maximum Gasteiger partial charge on any atom is 0.450 e. The fourth-order valence-electron chi connectivity index (χ4n) is 0.697. The lowest BCUT2D eigenvalue weighted by Crippen LogP contribution is -2.74. The normalized spacial score (nSPS) is 18.3. The summed E-state index contributed by atoms with van der Waals surface area (Å²) >= 11 is 0. The molecule has 0 aliphatic carbocycles. The Bertz CT molecular complexity index is 302. The molecule has 0 aromatic heterocycles. The van der Waals surface area contributed by atoms with Crippen molar-refractivity contribution in [1.29, 1.82) is 0 Å². The van der Waals surface area contributed by atoms with Gasteiger partial charge >= 0.3 is 22.2 Å². The molecule has 0 radical (unpaired) electrons. The van der Waals surface area contributed by atoms with Gasteiger partial charge in [-0.15, -0.1) is 4.99 Å². The molecular formula is C4H6NO5S+. The number of carbonyl (C=O) groups is 1. The van der Waals surface area contributed by atoms with Crippen LogP contribution in [-0.2, 0) is 19.4 Å². The average molecular weight is 180 g/mol. The number of rotatable bonds is 1. The van der Waals surface area contributed by atoms with Gasteiger partial charge in [-0.05, 0) is 0 Å². The van der Waals surface area contributed by atoms with E-state index < -0.39 is 10.4 Å². The molecule has 0 saturated carbocycles. The third kappa shape index (κ3) is 2.64. The lowest BCUT2D eigenvalue weighted by atomic mass is 10.4. The van der Waals surface area contributed by atoms with E-state index in [1.165, 1.54) is 0 Å². The van der Waals surface area contributed by atoms with Crippen LogP contribution in [0.3, 0.4) is 0 Å². The number of hydrogen-bond acceptors (Lipinski definition) is 4. The third-order valence-corrected chi connectivity index (χ3v) is 1.48. The zero-order chi connectivity index (χ0) is 8.48. The second-order valence-electron chi connectivity index (χ2n) is 1.98. The van der Waals surface area contributed by atoms with Gasteiger partial charge in [0.05, 0.1) is 12.8 Å². The third-order valence-electron chi connectivity index (χ3n) is 1.06. The smallest absolute Gasteiger partial charge is 0.305 e. The first kappa shape index (κ1) is 8.15. The number of hydrogen-bond donors (Lipinski definition) is 2. The SMILES string of the molecule is O=C1CCC(OS(=O)(=O)O)=[NH+]1. The van der Waals surface area contributed by atoms with Gasteiger partial charge in [-0.25, -0.2) is 4.79 Å². The van der Waals surface area contributed by atoms with Crippen molar-refractivity contribution in [3.05, 3.63) is 0 Å². The lowest BCUT2D eigenvalue weighted by Gasteiger charge is -1.91. The molecule has 0 fully saturated rings. The molecule has 0 spiro atoms. The summed E-state index contributed by atoms with van der Waals surface area (Å²) in [6.45, 7) is 0. The summed E-state index contributed by atoms with van der Waals surface area (Å²) < 4.78 is 32.2. The summed E-state index contributed by atoms with van der Waals surface area (Å²) in [5.41, 5.74) is 0. The van der Waals surface area contributed by atoms with Gasteiger partial charge in [0.15, 0.2) is 0 Å². The van der Waals surface area contributed by atoms with Crippen LogP contribution >= 0.6 is 0 Å². The van der Waals surface area contributed by atoms with Gasteiger partial charge in [-0.1, -0.05) is 0 Å². The summed E-state index contributed by atoms with van der Waals surface area (Å²) in [7, 11) is -4.48. The molecule has 1 heterocycles. The first-order chi connectivity index (χ1) is 4.97. The fraction of sp³-hybridized carbons (Fsp3) is 0.500. The summed E-state index contributed by atoms with van der Waals surface area (Å²) in [5.74, 6) is -0.443. The van der Waals surface area contributed by atoms with Gasteiger partial charge in [0.25, 0.3) is 0 Å². The molecule has 0 unspecified atom stereocenters. The van der Waals surface area contributed by atoms with Crippen molar-refractivity contribution in [2.24, 2.45) is 0 Å². The van der Waals surface area contributed by atoms with Crippen molar-refractivity contribution >= 4 is 22.2 Å². The minimum Gasteiger partial charge on any atom is -0.305 e. The molecule has 7 heteroatoms. The Kier molecular flexibility index (Phi) is 1.92. The molecule has 2 N–H and O–H groups in total. The number of amides is 1. The van der Waals surface area contributed by atoms with E-state index in [-0.39, 0.29) is 24.6 Å². The molecular weight excluding hydrogens is 174 g/mol. The van der Waals surface area contributed by atoms with Gasteiger partial charge in [0.1, 0.15) is 0 Å². The van der Waals surface area contributed by atoms with Crippen LogP contribution < -0.4 is 4.99 Å². The van der Waals surface area contributed by atoms with Gasteiger partial charge in [0, 0.05) is 0 Å². The van der Waals surface area contributed by atoms with Crippen LogP contribution in [-0.4, -0.2) is 24.8 Å². The van der Waals surface area contributed by atoms with Gasteiger partial charge in [-0.3, -0.25) is 4.55 Å². The topological polar surface area (TPSA) is 94.6 Å². The second kappa shape index (κ2) is 2.59. The molecule has 62 valence electrons. The van der Waals surface area contributed by atoms with Crippen LogP contribution in [0.25, 0.3) is 0 Å². The van der Waals surface area contributed by atoms with E-state index >= 15 is 0 Å². The van der Waals surface area contributed by atoms with Gasteiger partial charge < -0.3 is 4.18 Å². The monoisotopic (exact) mass is 180 g/mol.